The average Bonchev–Trinajstić information content (AvgIpc) is 2.32. The van der Waals surface area contributed by atoms with E-state index in [1.54, 1.807) is 13.0 Å². The van der Waals surface area contributed by atoms with Gasteiger partial charge in [-0.05, 0) is 38.0 Å². The summed E-state index contributed by atoms with van der Waals surface area (Å²) in [5.74, 6) is -0.0254. The van der Waals surface area contributed by atoms with Gasteiger partial charge in [0, 0.05) is 18.5 Å². The van der Waals surface area contributed by atoms with E-state index in [0.717, 1.165) is 5.56 Å². The van der Waals surface area contributed by atoms with Crippen LogP contribution in [-0.4, -0.2) is 17.1 Å². The molecule has 0 aliphatic carbocycles. The molecule has 0 saturated heterocycles. The van der Waals surface area contributed by atoms with Crippen LogP contribution in [0.5, 0.6) is 0 Å². The standard InChI is InChI=1S/C13H20FN3O/c1-8-4-5-11(7-12(8)14)10(3)16-9(2)6-13(15)17-18/h4-5,7,9-10,16,18H,6H2,1-3H3,(H2,15,17). The van der Waals surface area contributed by atoms with Crippen molar-refractivity contribution in [2.24, 2.45) is 10.9 Å². The first-order chi connectivity index (χ1) is 8.43. The first kappa shape index (κ1) is 14.4. The van der Waals surface area contributed by atoms with Gasteiger partial charge in [-0.1, -0.05) is 17.3 Å². The van der Waals surface area contributed by atoms with Crippen LogP contribution in [0.25, 0.3) is 0 Å². The predicted molar refractivity (Wildman–Crippen MR) is 70.2 cm³/mol. The molecule has 0 saturated carbocycles. The number of aryl methyl sites for hydroxylation is 1. The van der Waals surface area contributed by atoms with Crippen LogP contribution >= 0.6 is 0 Å². The Morgan fingerprint density at radius 2 is 2.17 bits per heavy atom. The van der Waals surface area contributed by atoms with E-state index < -0.39 is 0 Å². The molecule has 1 aromatic carbocycles. The predicted octanol–water partition coefficient (Wildman–Crippen LogP) is 2.31. The lowest BCUT2D eigenvalue weighted by Gasteiger charge is -2.20. The Bertz CT molecular complexity index is 434. The van der Waals surface area contributed by atoms with E-state index in [2.05, 4.69) is 10.5 Å². The summed E-state index contributed by atoms with van der Waals surface area (Å²) in [5.41, 5.74) is 6.95. The average molecular weight is 253 g/mol. The Kier molecular flexibility index (Phi) is 5.09. The van der Waals surface area contributed by atoms with Crippen LogP contribution in [0.3, 0.4) is 0 Å². The normalized spacial score (nSPS) is 15.4. The molecule has 0 fully saturated rings. The second kappa shape index (κ2) is 6.35. The molecule has 0 aromatic heterocycles. The highest BCUT2D eigenvalue weighted by Crippen LogP contribution is 2.17. The number of nitrogens with one attached hydrogen (secondary N) is 1. The number of hydrogen-bond donors (Lipinski definition) is 3. The SMILES string of the molecule is Cc1ccc(C(C)NC(C)CC(N)=NO)cc1F. The summed E-state index contributed by atoms with van der Waals surface area (Å²) in [7, 11) is 0. The molecule has 2 unspecified atom stereocenters. The van der Waals surface area contributed by atoms with Crippen molar-refractivity contribution in [2.75, 3.05) is 0 Å². The number of nitrogens with zero attached hydrogens (tertiary/aromatic N) is 1. The van der Waals surface area contributed by atoms with Crippen LogP contribution in [0.15, 0.2) is 23.4 Å². The summed E-state index contributed by atoms with van der Waals surface area (Å²) < 4.78 is 13.4. The van der Waals surface area contributed by atoms with Crippen LogP contribution < -0.4 is 11.1 Å². The fraction of sp³-hybridized carbons (Fsp3) is 0.462. The van der Waals surface area contributed by atoms with Gasteiger partial charge >= 0.3 is 0 Å². The van der Waals surface area contributed by atoms with Crippen molar-refractivity contribution >= 4 is 5.84 Å². The highest BCUT2D eigenvalue weighted by atomic mass is 19.1. The Morgan fingerprint density at radius 3 is 2.72 bits per heavy atom. The van der Waals surface area contributed by atoms with E-state index in [-0.39, 0.29) is 23.7 Å². The van der Waals surface area contributed by atoms with Gasteiger partial charge in [0.2, 0.25) is 0 Å². The third kappa shape index (κ3) is 4.00. The molecule has 2 atom stereocenters. The summed E-state index contributed by atoms with van der Waals surface area (Å²) in [6.45, 7) is 5.62. The van der Waals surface area contributed by atoms with Crippen LogP contribution in [0.2, 0.25) is 0 Å². The Morgan fingerprint density at radius 1 is 1.50 bits per heavy atom. The van der Waals surface area contributed by atoms with Crippen LogP contribution in [0, 0.1) is 12.7 Å². The molecule has 4 N–H and O–H groups in total. The molecule has 4 nitrogen and oxygen atoms in total. The van der Waals surface area contributed by atoms with Crippen molar-refractivity contribution in [1.82, 2.24) is 5.32 Å². The highest BCUT2D eigenvalue weighted by Gasteiger charge is 2.12. The number of halogens is 1. The minimum absolute atomic E-state index is 0.00147. The number of hydrogen-bond acceptors (Lipinski definition) is 3. The third-order valence-electron chi connectivity index (χ3n) is 2.87. The molecule has 5 heteroatoms. The van der Waals surface area contributed by atoms with Gasteiger partial charge in [-0.2, -0.15) is 0 Å². The van der Waals surface area contributed by atoms with Crippen molar-refractivity contribution < 1.29 is 9.60 Å². The minimum Gasteiger partial charge on any atom is -0.409 e. The second-order valence-electron chi connectivity index (χ2n) is 4.59. The molecule has 0 spiro atoms. The lowest BCUT2D eigenvalue weighted by Crippen LogP contribution is -2.33. The van der Waals surface area contributed by atoms with Gasteiger partial charge in [-0.3, -0.25) is 0 Å². The smallest absolute Gasteiger partial charge is 0.140 e. The van der Waals surface area contributed by atoms with E-state index in [9.17, 15) is 4.39 Å². The Balaban J connectivity index is 2.64. The molecule has 100 valence electrons. The van der Waals surface area contributed by atoms with Crippen molar-refractivity contribution in [3.05, 3.63) is 35.1 Å². The number of nitrogens with two attached hydrogens (primary N) is 1. The van der Waals surface area contributed by atoms with Gasteiger partial charge in [0.25, 0.3) is 0 Å². The lowest BCUT2D eigenvalue weighted by atomic mass is 10.0. The molecule has 0 aliphatic rings. The van der Waals surface area contributed by atoms with Gasteiger partial charge in [0.15, 0.2) is 0 Å². The van der Waals surface area contributed by atoms with Crippen LogP contribution in [-0.2, 0) is 0 Å². The maximum Gasteiger partial charge on any atom is 0.140 e. The number of oxime groups is 1. The largest absolute Gasteiger partial charge is 0.409 e. The van der Waals surface area contributed by atoms with E-state index in [1.807, 2.05) is 19.9 Å². The summed E-state index contributed by atoms with van der Waals surface area (Å²) in [5, 5.41) is 14.7. The zero-order chi connectivity index (χ0) is 13.7. The second-order valence-corrected chi connectivity index (χ2v) is 4.59. The summed E-state index contributed by atoms with van der Waals surface area (Å²) in [6.07, 6.45) is 0.440. The summed E-state index contributed by atoms with van der Waals surface area (Å²) in [6, 6.07) is 5.23. The van der Waals surface area contributed by atoms with Crippen molar-refractivity contribution in [3.63, 3.8) is 0 Å². The van der Waals surface area contributed by atoms with Crippen molar-refractivity contribution in [3.8, 4) is 0 Å². The third-order valence-corrected chi connectivity index (χ3v) is 2.87. The maximum absolute atomic E-state index is 13.4. The van der Waals surface area contributed by atoms with E-state index in [4.69, 9.17) is 10.9 Å². The monoisotopic (exact) mass is 253 g/mol. The van der Waals surface area contributed by atoms with Crippen LogP contribution in [0.4, 0.5) is 4.39 Å². The van der Waals surface area contributed by atoms with Gasteiger partial charge in [-0.15, -0.1) is 0 Å². The number of benzene rings is 1. The summed E-state index contributed by atoms with van der Waals surface area (Å²) in [4.78, 5) is 0. The molecular formula is C13H20FN3O. The van der Waals surface area contributed by atoms with Gasteiger partial charge < -0.3 is 16.3 Å². The maximum atomic E-state index is 13.4. The molecule has 0 heterocycles. The van der Waals surface area contributed by atoms with Gasteiger partial charge in [0.1, 0.15) is 11.7 Å². The zero-order valence-corrected chi connectivity index (χ0v) is 10.9. The van der Waals surface area contributed by atoms with Crippen molar-refractivity contribution in [2.45, 2.75) is 39.3 Å². The molecular weight excluding hydrogens is 233 g/mol. The molecule has 0 radical (unpaired) electrons. The topological polar surface area (TPSA) is 70.6 Å². The fourth-order valence-electron chi connectivity index (χ4n) is 1.81. The molecule has 0 bridgehead atoms. The van der Waals surface area contributed by atoms with Crippen LogP contribution in [0.1, 0.15) is 37.4 Å². The van der Waals surface area contributed by atoms with Gasteiger partial charge in [-0.25, -0.2) is 4.39 Å². The van der Waals surface area contributed by atoms with E-state index in [1.165, 1.54) is 6.07 Å². The molecule has 1 rings (SSSR count). The fourth-order valence-corrected chi connectivity index (χ4v) is 1.81. The quantitative estimate of drug-likeness (QED) is 0.326. The first-order valence-corrected chi connectivity index (χ1v) is 5.92. The lowest BCUT2D eigenvalue weighted by molar-refractivity contribution is 0.315. The van der Waals surface area contributed by atoms with E-state index >= 15 is 0 Å². The minimum atomic E-state index is -0.203. The van der Waals surface area contributed by atoms with Crippen molar-refractivity contribution in [1.29, 1.82) is 0 Å². The summed E-state index contributed by atoms with van der Waals surface area (Å²) >= 11 is 0. The molecule has 1 aromatic rings. The first-order valence-electron chi connectivity index (χ1n) is 5.92. The molecule has 0 amide bonds. The molecule has 0 aliphatic heterocycles. The Labute approximate surface area is 107 Å². The highest BCUT2D eigenvalue weighted by molar-refractivity contribution is 5.80. The van der Waals surface area contributed by atoms with Gasteiger partial charge in [0.05, 0.1) is 0 Å². The Hall–Kier alpha value is -1.62. The number of amidine groups is 1. The number of rotatable bonds is 5. The van der Waals surface area contributed by atoms with E-state index in [0.29, 0.717) is 12.0 Å². The molecule has 18 heavy (non-hydrogen) atoms. The zero-order valence-electron chi connectivity index (χ0n) is 10.9.